The molecule has 7 nitrogen and oxygen atoms in total. The Bertz CT molecular complexity index is 272. The number of hydrogen-bond donors (Lipinski definition) is 4. The number of carbonyl (C=O) groups is 2. The summed E-state index contributed by atoms with van der Waals surface area (Å²) in [5.41, 5.74) is -0.733. The Morgan fingerprint density at radius 3 is 2.24 bits per heavy atom. The molecule has 4 N–H and O–H groups in total. The van der Waals surface area contributed by atoms with Crippen LogP contribution in [-0.4, -0.2) is 51.7 Å². The molecule has 0 aliphatic rings. The van der Waals surface area contributed by atoms with E-state index in [0.717, 1.165) is 0 Å². The molecule has 17 heavy (non-hydrogen) atoms. The third kappa shape index (κ3) is 7.53. The molecule has 0 saturated carbocycles. The van der Waals surface area contributed by atoms with Crippen molar-refractivity contribution in [3.63, 3.8) is 0 Å². The Balaban J connectivity index is 4.35. The molecule has 0 saturated heterocycles. The third-order valence-corrected chi connectivity index (χ3v) is 1.71. The van der Waals surface area contributed by atoms with Crippen molar-refractivity contribution in [2.24, 2.45) is 0 Å². The van der Waals surface area contributed by atoms with E-state index in [4.69, 9.17) is 20.1 Å². The predicted octanol–water partition coefficient (Wildman–Crippen LogP) is -0.292. The van der Waals surface area contributed by atoms with Gasteiger partial charge in [-0.3, -0.25) is 0 Å². The molecular formula is C10H19NO6. The van der Waals surface area contributed by atoms with Crippen molar-refractivity contribution < 1.29 is 29.6 Å². The van der Waals surface area contributed by atoms with Gasteiger partial charge in [0.15, 0.2) is 0 Å². The number of carboxylic acids is 1. The van der Waals surface area contributed by atoms with Gasteiger partial charge in [0.05, 0.1) is 12.7 Å². The standard InChI is InChI=1S/C10H19NO6/c1-10(2,3)17-9(16)11-7(8(14)15)4-6(13)5-12/h6-7,12-13H,4-5H2,1-3H3,(H,11,16)(H,14,15). The smallest absolute Gasteiger partial charge is 0.408 e. The van der Waals surface area contributed by atoms with Crippen molar-refractivity contribution in [1.29, 1.82) is 0 Å². The van der Waals surface area contributed by atoms with Gasteiger partial charge >= 0.3 is 12.1 Å². The second-order valence-corrected chi connectivity index (χ2v) is 4.61. The van der Waals surface area contributed by atoms with Crippen LogP contribution >= 0.6 is 0 Å². The first-order valence-corrected chi connectivity index (χ1v) is 5.17. The molecule has 2 atom stereocenters. The lowest BCUT2D eigenvalue weighted by atomic mass is 10.1. The number of rotatable bonds is 5. The van der Waals surface area contributed by atoms with Crippen LogP contribution in [0.4, 0.5) is 4.79 Å². The van der Waals surface area contributed by atoms with Gasteiger partial charge in [0.25, 0.3) is 0 Å². The maximum absolute atomic E-state index is 11.3. The highest BCUT2D eigenvalue weighted by molar-refractivity contribution is 5.80. The summed E-state index contributed by atoms with van der Waals surface area (Å²) in [7, 11) is 0. The zero-order chi connectivity index (χ0) is 13.6. The van der Waals surface area contributed by atoms with Crippen molar-refractivity contribution in [2.75, 3.05) is 6.61 Å². The SMILES string of the molecule is CC(C)(C)OC(=O)NC(CC(O)CO)C(=O)O. The monoisotopic (exact) mass is 249 g/mol. The molecule has 100 valence electrons. The van der Waals surface area contributed by atoms with Gasteiger partial charge in [-0.1, -0.05) is 0 Å². The predicted molar refractivity (Wildman–Crippen MR) is 58.5 cm³/mol. The molecule has 0 rings (SSSR count). The first-order chi connectivity index (χ1) is 7.65. The highest BCUT2D eigenvalue weighted by Crippen LogP contribution is 2.07. The van der Waals surface area contributed by atoms with E-state index in [2.05, 4.69) is 5.32 Å². The van der Waals surface area contributed by atoms with Crippen molar-refractivity contribution >= 4 is 12.1 Å². The van der Waals surface area contributed by atoms with Crippen LogP contribution in [0.2, 0.25) is 0 Å². The Labute approximate surface area is 99.4 Å². The van der Waals surface area contributed by atoms with Crippen LogP contribution in [0.15, 0.2) is 0 Å². The van der Waals surface area contributed by atoms with Gasteiger partial charge in [0, 0.05) is 6.42 Å². The number of hydrogen-bond acceptors (Lipinski definition) is 5. The van der Waals surface area contributed by atoms with Crippen LogP contribution in [0.3, 0.4) is 0 Å². The first kappa shape index (κ1) is 15.7. The van der Waals surface area contributed by atoms with E-state index >= 15 is 0 Å². The minimum Gasteiger partial charge on any atom is -0.480 e. The molecular weight excluding hydrogens is 230 g/mol. The van der Waals surface area contributed by atoms with E-state index in [0.29, 0.717) is 0 Å². The molecule has 0 aliphatic heterocycles. The lowest BCUT2D eigenvalue weighted by Crippen LogP contribution is -2.45. The quantitative estimate of drug-likeness (QED) is 0.532. The zero-order valence-electron chi connectivity index (χ0n) is 10.1. The number of carboxylic acid groups (broad SMARTS) is 1. The van der Waals surface area contributed by atoms with Crippen LogP contribution in [-0.2, 0) is 9.53 Å². The fourth-order valence-electron chi connectivity index (χ4n) is 1.02. The van der Waals surface area contributed by atoms with Crippen LogP contribution < -0.4 is 5.32 Å². The number of aliphatic hydroxyl groups is 2. The van der Waals surface area contributed by atoms with E-state index in [1.165, 1.54) is 0 Å². The average Bonchev–Trinajstić information content (AvgIpc) is 2.13. The number of alkyl carbamates (subject to hydrolysis) is 1. The largest absolute Gasteiger partial charge is 0.480 e. The number of aliphatic hydroxyl groups excluding tert-OH is 2. The number of aliphatic carboxylic acids is 1. The molecule has 0 radical (unpaired) electrons. The van der Waals surface area contributed by atoms with Gasteiger partial charge in [-0.25, -0.2) is 9.59 Å². The summed E-state index contributed by atoms with van der Waals surface area (Å²) in [6.45, 7) is 4.36. The number of amides is 1. The summed E-state index contributed by atoms with van der Waals surface area (Å²) < 4.78 is 4.88. The average molecular weight is 249 g/mol. The molecule has 0 spiro atoms. The second kappa shape index (κ2) is 6.41. The fourth-order valence-corrected chi connectivity index (χ4v) is 1.02. The number of ether oxygens (including phenoxy) is 1. The second-order valence-electron chi connectivity index (χ2n) is 4.61. The summed E-state index contributed by atoms with van der Waals surface area (Å²) >= 11 is 0. The summed E-state index contributed by atoms with van der Waals surface area (Å²) in [4.78, 5) is 22.1. The molecule has 0 heterocycles. The van der Waals surface area contributed by atoms with Crippen LogP contribution in [0.5, 0.6) is 0 Å². The zero-order valence-corrected chi connectivity index (χ0v) is 10.1. The van der Waals surface area contributed by atoms with Gasteiger partial charge in [-0.05, 0) is 20.8 Å². The lowest BCUT2D eigenvalue weighted by Gasteiger charge is -2.22. The van der Waals surface area contributed by atoms with Crippen LogP contribution in [0.1, 0.15) is 27.2 Å². The molecule has 0 bridgehead atoms. The third-order valence-electron chi connectivity index (χ3n) is 1.71. The first-order valence-electron chi connectivity index (χ1n) is 5.17. The Kier molecular flexibility index (Phi) is 5.90. The van der Waals surface area contributed by atoms with E-state index in [1.54, 1.807) is 20.8 Å². The summed E-state index contributed by atoms with van der Waals surface area (Å²) in [6, 6.07) is -1.30. The normalized spacial score (nSPS) is 14.9. The van der Waals surface area contributed by atoms with Crippen molar-refractivity contribution in [3.8, 4) is 0 Å². The molecule has 0 fully saturated rings. The summed E-state index contributed by atoms with van der Waals surface area (Å²) in [6.07, 6.45) is -2.37. The van der Waals surface area contributed by atoms with Gasteiger partial charge in [-0.15, -0.1) is 0 Å². The Morgan fingerprint density at radius 1 is 1.35 bits per heavy atom. The topological polar surface area (TPSA) is 116 Å². The molecule has 7 heteroatoms. The van der Waals surface area contributed by atoms with E-state index in [9.17, 15) is 9.59 Å². The molecule has 0 aliphatic carbocycles. The van der Waals surface area contributed by atoms with Crippen molar-refractivity contribution in [3.05, 3.63) is 0 Å². The van der Waals surface area contributed by atoms with Gasteiger partial charge in [-0.2, -0.15) is 0 Å². The van der Waals surface area contributed by atoms with Gasteiger partial charge in [0.2, 0.25) is 0 Å². The van der Waals surface area contributed by atoms with E-state index in [-0.39, 0.29) is 6.42 Å². The minimum absolute atomic E-state index is 0.287. The van der Waals surface area contributed by atoms with Crippen LogP contribution in [0, 0.1) is 0 Å². The Hall–Kier alpha value is -1.34. The molecule has 2 unspecified atom stereocenters. The minimum atomic E-state index is -1.30. The van der Waals surface area contributed by atoms with Gasteiger partial charge < -0.3 is 25.4 Å². The number of nitrogens with one attached hydrogen (secondary N) is 1. The number of carbonyl (C=O) groups excluding carboxylic acids is 1. The molecule has 0 aromatic carbocycles. The maximum Gasteiger partial charge on any atom is 0.408 e. The van der Waals surface area contributed by atoms with E-state index in [1.807, 2.05) is 0 Å². The maximum atomic E-state index is 11.3. The lowest BCUT2D eigenvalue weighted by molar-refractivity contribution is -0.140. The highest BCUT2D eigenvalue weighted by atomic mass is 16.6. The fraction of sp³-hybridized carbons (Fsp3) is 0.800. The molecule has 1 amide bonds. The summed E-state index contributed by atoms with van der Waals surface area (Å²) in [5, 5.41) is 28.6. The van der Waals surface area contributed by atoms with Crippen molar-refractivity contribution in [2.45, 2.75) is 44.9 Å². The molecule has 0 aromatic heterocycles. The van der Waals surface area contributed by atoms with Crippen LogP contribution in [0.25, 0.3) is 0 Å². The molecule has 0 aromatic rings. The highest BCUT2D eigenvalue weighted by Gasteiger charge is 2.25. The van der Waals surface area contributed by atoms with Crippen molar-refractivity contribution in [1.82, 2.24) is 5.32 Å². The van der Waals surface area contributed by atoms with Gasteiger partial charge in [0.1, 0.15) is 11.6 Å². The van der Waals surface area contributed by atoms with E-state index < -0.39 is 36.4 Å². The summed E-state index contributed by atoms with van der Waals surface area (Å²) in [5.74, 6) is -1.30. The Morgan fingerprint density at radius 2 is 1.88 bits per heavy atom.